The van der Waals surface area contributed by atoms with Crippen LogP contribution in [0.15, 0.2) is 0 Å². The number of hydrogen-bond acceptors (Lipinski definition) is 4. The molecule has 0 radical (unpaired) electrons. The Morgan fingerprint density at radius 3 is 2.38 bits per heavy atom. The molecule has 4 aliphatic carbocycles. The lowest BCUT2D eigenvalue weighted by atomic mass is 9.43. The fourth-order valence-electron chi connectivity index (χ4n) is 10.5. The van der Waals surface area contributed by atoms with Gasteiger partial charge in [0.05, 0.1) is 12.2 Å². The third-order valence-corrected chi connectivity index (χ3v) is 18.5. The first-order valence-corrected chi connectivity index (χ1v) is 20.3. The van der Waals surface area contributed by atoms with Gasteiger partial charge in [-0.3, -0.25) is 0 Å². The molecule has 1 aliphatic heterocycles. The molecule has 0 amide bonds. The monoisotopic (exact) mass is 576 g/mol. The Balaban J connectivity index is 1.19. The minimum atomic E-state index is -1.66. The fraction of sp³-hybridized carbons (Fsp3) is 1.00. The van der Waals surface area contributed by atoms with Crippen molar-refractivity contribution in [1.29, 1.82) is 0 Å². The molecule has 4 saturated carbocycles. The van der Waals surface area contributed by atoms with Gasteiger partial charge in [0.1, 0.15) is 0 Å². The van der Waals surface area contributed by atoms with Crippen molar-refractivity contribution in [3.05, 3.63) is 0 Å². The van der Waals surface area contributed by atoms with Crippen LogP contribution in [0.25, 0.3) is 0 Å². The largest absolute Gasteiger partial charge is 0.417 e. The molecule has 232 valence electrons. The summed E-state index contributed by atoms with van der Waals surface area (Å²) in [7, 11) is -1.66. The molecular formula is C35H64O4Si. The van der Waals surface area contributed by atoms with Crippen LogP contribution in [0.3, 0.4) is 0 Å². The number of aliphatic hydroxyl groups excluding tert-OH is 1. The second kappa shape index (κ2) is 11.9. The summed E-state index contributed by atoms with van der Waals surface area (Å²) in [6.07, 6.45) is 16.0. The van der Waals surface area contributed by atoms with Gasteiger partial charge in [-0.2, -0.15) is 0 Å². The van der Waals surface area contributed by atoms with Crippen molar-refractivity contribution in [2.75, 3.05) is 13.2 Å². The van der Waals surface area contributed by atoms with Gasteiger partial charge in [0.15, 0.2) is 14.6 Å². The predicted molar refractivity (Wildman–Crippen MR) is 167 cm³/mol. The maximum absolute atomic E-state index is 11.8. The van der Waals surface area contributed by atoms with Gasteiger partial charge < -0.3 is 19.0 Å². The number of fused-ring (bicyclic) bond motifs is 5. The predicted octanol–water partition coefficient (Wildman–Crippen LogP) is 8.97. The molecule has 0 aromatic heterocycles. The number of hydrogen-bond donors (Lipinski definition) is 1. The zero-order valence-corrected chi connectivity index (χ0v) is 28.5. The van der Waals surface area contributed by atoms with Crippen molar-refractivity contribution < 1.29 is 19.0 Å². The van der Waals surface area contributed by atoms with Gasteiger partial charge >= 0.3 is 0 Å². The van der Waals surface area contributed by atoms with Gasteiger partial charge in [0.2, 0.25) is 0 Å². The van der Waals surface area contributed by atoms with Crippen LogP contribution in [-0.4, -0.2) is 45.1 Å². The summed E-state index contributed by atoms with van der Waals surface area (Å²) in [4.78, 5) is 0. The number of rotatable bonds is 8. The molecule has 0 aromatic carbocycles. The molecule has 0 aromatic rings. The molecule has 5 fully saturated rings. The van der Waals surface area contributed by atoms with Crippen molar-refractivity contribution in [1.82, 2.24) is 0 Å². The van der Waals surface area contributed by atoms with E-state index in [1.54, 1.807) is 0 Å². The molecule has 6 unspecified atom stereocenters. The third-order valence-electron chi connectivity index (χ3n) is 14.0. The van der Waals surface area contributed by atoms with Crippen molar-refractivity contribution in [2.45, 2.75) is 162 Å². The molecule has 0 spiro atoms. The maximum Gasteiger partial charge on any atom is 0.191 e. The third kappa shape index (κ3) is 5.91. The average Bonchev–Trinajstić information content (AvgIpc) is 3.24. The molecular weight excluding hydrogens is 512 g/mol. The van der Waals surface area contributed by atoms with Gasteiger partial charge in [-0.15, -0.1) is 0 Å². The summed E-state index contributed by atoms with van der Waals surface area (Å²) in [5.74, 6) is 4.00. The highest BCUT2D eigenvalue weighted by molar-refractivity contribution is 6.74. The van der Waals surface area contributed by atoms with Crippen molar-refractivity contribution in [3.8, 4) is 0 Å². The number of aliphatic hydroxyl groups is 1. The van der Waals surface area contributed by atoms with Gasteiger partial charge in [0, 0.05) is 13.2 Å². The molecule has 11 atom stereocenters. The molecule has 4 nitrogen and oxygen atoms in total. The molecule has 5 aliphatic rings. The quantitative estimate of drug-likeness (QED) is 0.178. The van der Waals surface area contributed by atoms with Crippen LogP contribution in [-0.2, 0) is 13.9 Å². The first-order valence-electron chi connectivity index (χ1n) is 17.4. The van der Waals surface area contributed by atoms with E-state index in [1.807, 2.05) is 0 Å². The smallest absolute Gasteiger partial charge is 0.191 e. The van der Waals surface area contributed by atoms with Crippen molar-refractivity contribution in [2.24, 2.45) is 46.3 Å². The molecule has 1 saturated heterocycles. The maximum atomic E-state index is 11.8. The Kier molecular flexibility index (Phi) is 9.34. The summed E-state index contributed by atoms with van der Waals surface area (Å²) >= 11 is 0. The molecule has 1 heterocycles. The Labute approximate surface area is 248 Å². The summed E-state index contributed by atoms with van der Waals surface area (Å²) in [5, 5.41) is 12.1. The van der Waals surface area contributed by atoms with Crippen molar-refractivity contribution in [3.63, 3.8) is 0 Å². The summed E-state index contributed by atoms with van der Waals surface area (Å²) in [6, 6.07) is 0. The molecule has 0 bridgehead atoms. The van der Waals surface area contributed by atoms with E-state index < -0.39 is 8.32 Å². The lowest BCUT2D eigenvalue weighted by Crippen LogP contribution is -2.59. The van der Waals surface area contributed by atoms with Gasteiger partial charge in [-0.1, -0.05) is 41.5 Å². The number of ether oxygens (including phenoxy) is 2. The van der Waals surface area contributed by atoms with Crippen LogP contribution in [0.4, 0.5) is 0 Å². The molecule has 5 heteroatoms. The second-order valence-electron chi connectivity index (χ2n) is 17.1. The van der Waals surface area contributed by atoms with E-state index >= 15 is 0 Å². The molecule has 5 rings (SSSR count). The molecule has 1 N–H and O–H groups in total. The second-order valence-corrected chi connectivity index (χ2v) is 21.9. The summed E-state index contributed by atoms with van der Waals surface area (Å²) < 4.78 is 18.9. The standard InChI is InChI=1S/C35H64O4Si/c1-24(12-11-21-38-40(7,8)33(2,3)4)27-14-15-28-32-29(17-19-35(27,28)6)34(5)18-16-26(22-25(34)23-30(32)36)39-31-13-9-10-20-37-31/h24-32,36H,9-23H2,1-8H3/t24-,25?,26-,27+,28?,29?,30?,31?,32?,34-,35+/m0/s1. The highest BCUT2D eigenvalue weighted by atomic mass is 28.4. The summed E-state index contributed by atoms with van der Waals surface area (Å²) in [5.41, 5.74) is 0.757. The van der Waals surface area contributed by atoms with E-state index in [0.717, 1.165) is 44.3 Å². The zero-order valence-electron chi connectivity index (χ0n) is 27.5. The normalized spacial score (nSPS) is 44.9. The van der Waals surface area contributed by atoms with Gasteiger partial charge in [-0.25, -0.2) is 0 Å². The van der Waals surface area contributed by atoms with Crippen LogP contribution in [0.5, 0.6) is 0 Å². The molecule has 40 heavy (non-hydrogen) atoms. The Morgan fingerprint density at radius 1 is 0.950 bits per heavy atom. The van der Waals surface area contributed by atoms with Crippen LogP contribution < -0.4 is 0 Å². The van der Waals surface area contributed by atoms with Gasteiger partial charge in [0.25, 0.3) is 0 Å². The van der Waals surface area contributed by atoms with Crippen LogP contribution in [0.2, 0.25) is 18.1 Å². The van der Waals surface area contributed by atoms with Crippen molar-refractivity contribution >= 4 is 8.32 Å². The highest BCUT2D eigenvalue weighted by Gasteiger charge is 2.63. The van der Waals surface area contributed by atoms with Crippen LogP contribution in [0.1, 0.15) is 125 Å². The van der Waals surface area contributed by atoms with Crippen LogP contribution in [0, 0.1) is 46.3 Å². The van der Waals surface area contributed by atoms with E-state index in [2.05, 4.69) is 54.6 Å². The highest BCUT2D eigenvalue weighted by Crippen LogP contribution is 2.68. The zero-order chi connectivity index (χ0) is 28.9. The Hall–Kier alpha value is 0.0569. The topological polar surface area (TPSA) is 47.9 Å². The SMILES string of the molecule is C[C@@H](CCCO[Si](C)(C)C(C)(C)C)[C@H]1CCC2C3C(O)CC4C[C@@H](OC5CCCCO5)CC[C@]4(C)C3CC[C@@]21C. The van der Waals surface area contributed by atoms with E-state index in [9.17, 15) is 5.11 Å². The Bertz CT molecular complexity index is 849. The first kappa shape index (κ1) is 31.5. The van der Waals surface area contributed by atoms with Gasteiger partial charge in [-0.05, 0) is 148 Å². The van der Waals surface area contributed by atoms with E-state index in [1.165, 1.54) is 64.2 Å². The minimum absolute atomic E-state index is 0.00999. The van der Waals surface area contributed by atoms with E-state index in [4.69, 9.17) is 13.9 Å². The Morgan fingerprint density at radius 2 is 1.68 bits per heavy atom. The lowest BCUT2D eigenvalue weighted by molar-refractivity contribution is -0.221. The first-order chi connectivity index (χ1) is 18.8. The van der Waals surface area contributed by atoms with E-state index in [0.29, 0.717) is 40.6 Å². The lowest BCUT2D eigenvalue weighted by Gasteiger charge is -2.62. The van der Waals surface area contributed by atoms with E-state index in [-0.39, 0.29) is 17.4 Å². The average molecular weight is 577 g/mol. The summed E-state index contributed by atoms with van der Waals surface area (Å²) in [6.45, 7) is 21.3. The van der Waals surface area contributed by atoms with Crippen LogP contribution >= 0.6 is 0 Å². The fourth-order valence-corrected chi connectivity index (χ4v) is 11.6. The minimum Gasteiger partial charge on any atom is -0.417 e.